The van der Waals surface area contributed by atoms with E-state index in [1.165, 1.54) is 0 Å². The van der Waals surface area contributed by atoms with E-state index in [9.17, 15) is 4.79 Å². The molecule has 0 aliphatic rings. The number of carbonyl (C=O) groups excluding carboxylic acids is 1. The number of carbonyl (C=O) groups is 1. The Labute approximate surface area is 116 Å². The van der Waals surface area contributed by atoms with Gasteiger partial charge in [0.1, 0.15) is 24.4 Å². The first-order valence-electron chi connectivity index (χ1n) is 5.74. The molecule has 0 fully saturated rings. The lowest BCUT2D eigenvalue weighted by atomic mass is 10.1. The van der Waals surface area contributed by atoms with E-state index in [4.69, 9.17) is 21.1 Å². The average Bonchev–Trinajstić information content (AvgIpc) is 2.46. The van der Waals surface area contributed by atoms with Crippen LogP contribution in [0.3, 0.4) is 0 Å². The van der Waals surface area contributed by atoms with Gasteiger partial charge in [0.25, 0.3) is 0 Å². The van der Waals surface area contributed by atoms with Crippen LogP contribution in [0.1, 0.15) is 15.9 Å². The first kappa shape index (κ1) is 13.4. The maximum Gasteiger partial charge on any atom is 0.150 e. The Kier molecular flexibility index (Phi) is 4.42. The van der Waals surface area contributed by atoms with Crippen LogP contribution in [0.4, 0.5) is 0 Å². The minimum Gasteiger partial charge on any atom is -0.496 e. The molecule has 0 aliphatic heterocycles. The van der Waals surface area contributed by atoms with E-state index in [1.807, 2.05) is 12.1 Å². The van der Waals surface area contributed by atoms with Gasteiger partial charge in [0, 0.05) is 11.1 Å². The topological polar surface area (TPSA) is 35.5 Å². The van der Waals surface area contributed by atoms with Gasteiger partial charge in [0.15, 0.2) is 0 Å². The Morgan fingerprint density at radius 2 is 1.95 bits per heavy atom. The molecule has 0 aliphatic carbocycles. The predicted octanol–water partition coefficient (Wildman–Crippen LogP) is 3.74. The molecule has 3 nitrogen and oxygen atoms in total. The molecule has 0 heterocycles. The van der Waals surface area contributed by atoms with Crippen LogP contribution in [-0.4, -0.2) is 13.4 Å². The van der Waals surface area contributed by atoms with Crippen LogP contribution < -0.4 is 9.47 Å². The quantitative estimate of drug-likeness (QED) is 0.781. The number of benzene rings is 2. The summed E-state index contributed by atoms with van der Waals surface area (Å²) >= 11 is 6.01. The van der Waals surface area contributed by atoms with Crippen LogP contribution in [0.5, 0.6) is 11.5 Å². The molecule has 0 bridgehead atoms. The minimum absolute atomic E-state index is 0.325. The van der Waals surface area contributed by atoms with Crippen molar-refractivity contribution in [1.82, 2.24) is 0 Å². The van der Waals surface area contributed by atoms with Crippen molar-refractivity contribution in [2.45, 2.75) is 6.61 Å². The Morgan fingerprint density at radius 1 is 1.16 bits per heavy atom. The van der Waals surface area contributed by atoms with Crippen molar-refractivity contribution in [2.75, 3.05) is 7.11 Å². The normalized spacial score (nSPS) is 10.0. The van der Waals surface area contributed by atoms with E-state index >= 15 is 0 Å². The van der Waals surface area contributed by atoms with Crippen molar-refractivity contribution in [3.63, 3.8) is 0 Å². The lowest BCUT2D eigenvalue weighted by Crippen LogP contribution is -2.00. The second-order valence-corrected chi connectivity index (χ2v) is 4.32. The van der Waals surface area contributed by atoms with Gasteiger partial charge in [-0.3, -0.25) is 4.79 Å². The van der Waals surface area contributed by atoms with Gasteiger partial charge in [-0.1, -0.05) is 35.9 Å². The van der Waals surface area contributed by atoms with Crippen LogP contribution in [0.25, 0.3) is 0 Å². The van der Waals surface area contributed by atoms with E-state index in [-0.39, 0.29) is 0 Å². The Bertz CT molecular complexity index is 581. The molecule has 19 heavy (non-hydrogen) atoms. The summed E-state index contributed by atoms with van der Waals surface area (Å²) < 4.78 is 10.9. The number of halogens is 1. The molecule has 0 saturated heterocycles. The second kappa shape index (κ2) is 6.25. The van der Waals surface area contributed by atoms with E-state index in [1.54, 1.807) is 37.4 Å². The summed E-state index contributed by atoms with van der Waals surface area (Å²) in [7, 11) is 1.56. The molecule has 0 atom stereocenters. The van der Waals surface area contributed by atoms with Gasteiger partial charge in [0.05, 0.1) is 12.1 Å². The van der Waals surface area contributed by atoms with Crippen molar-refractivity contribution in [1.29, 1.82) is 0 Å². The van der Waals surface area contributed by atoms with Gasteiger partial charge in [-0.2, -0.15) is 0 Å². The van der Waals surface area contributed by atoms with Gasteiger partial charge < -0.3 is 9.47 Å². The largest absolute Gasteiger partial charge is 0.496 e. The van der Waals surface area contributed by atoms with Gasteiger partial charge in [0.2, 0.25) is 0 Å². The summed E-state index contributed by atoms with van der Waals surface area (Å²) in [6.07, 6.45) is 0.779. The van der Waals surface area contributed by atoms with E-state index in [2.05, 4.69) is 0 Å². The third kappa shape index (κ3) is 3.26. The fourth-order valence-corrected chi connectivity index (χ4v) is 1.86. The molecule has 2 aromatic carbocycles. The monoisotopic (exact) mass is 276 g/mol. The van der Waals surface area contributed by atoms with Crippen molar-refractivity contribution in [3.05, 3.63) is 58.6 Å². The zero-order valence-electron chi connectivity index (χ0n) is 10.4. The Morgan fingerprint density at radius 3 is 2.63 bits per heavy atom. The maximum absolute atomic E-state index is 10.7. The fourth-order valence-electron chi connectivity index (χ4n) is 1.67. The third-order valence-corrected chi connectivity index (χ3v) is 2.98. The third-order valence-electron chi connectivity index (χ3n) is 2.67. The highest BCUT2D eigenvalue weighted by Gasteiger charge is 2.06. The smallest absolute Gasteiger partial charge is 0.150 e. The van der Waals surface area contributed by atoms with Gasteiger partial charge in [-0.25, -0.2) is 0 Å². The predicted molar refractivity (Wildman–Crippen MR) is 74.2 cm³/mol. The summed E-state index contributed by atoms with van der Waals surface area (Å²) in [5.41, 5.74) is 1.42. The molecule has 0 radical (unpaired) electrons. The Balaban J connectivity index is 2.15. The molecule has 4 heteroatoms. The maximum atomic E-state index is 10.7. The van der Waals surface area contributed by atoms with Gasteiger partial charge in [-0.05, 0) is 18.2 Å². The molecular weight excluding hydrogens is 264 g/mol. The zero-order chi connectivity index (χ0) is 13.7. The Hall–Kier alpha value is -2.00. The number of methoxy groups -OCH3 is 1. The summed E-state index contributed by atoms with van der Waals surface area (Å²) in [6.45, 7) is 0.325. The highest BCUT2D eigenvalue weighted by molar-refractivity contribution is 6.32. The van der Waals surface area contributed by atoms with Crippen LogP contribution in [0.15, 0.2) is 42.5 Å². The molecule has 0 aromatic heterocycles. The fraction of sp³-hybridized carbons (Fsp3) is 0.133. The van der Waals surface area contributed by atoms with Crippen LogP contribution in [0, 0.1) is 0 Å². The highest BCUT2D eigenvalue weighted by Crippen LogP contribution is 2.26. The van der Waals surface area contributed by atoms with Crippen molar-refractivity contribution in [3.8, 4) is 11.5 Å². The molecule has 98 valence electrons. The molecule has 2 rings (SSSR count). The van der Waals surface area contributed by atoms with E-state index < -0.39 is 0 Å². The van der Waals surface area contributed by atoms with Crippen LogP contribution in [0.2, 0.25) is 5.02 Å². The molecule has 0 unspecified atom stereocenters. The standard InChI is InChI=1S/C15H13ClO3/c1-18-15-8-11(9-17)6-7-12(15)10-19-14-5-3-2-4-13(14)16/h2-9H,10H2,1H3. The van der Waals surface area contributed by atoms with E-state index in [0.29, 0.717) is 28.7 Å². The number of hydrogen-bond acceptors (Lipinski definition) is 3. The van der Waals surface area contributed by atoms with Crippen molar-refractivity contribution < 1.29 is 14.3 Å². The first-order valence-corrected chi connectivity index (χ1v) is 6.12. The minimum atomic E-state index is 0.325. The molecule has 2 aromatic rings. The summed E-state index contributed by atoms with van der Waals surface area (Å²) in [4.78, 5) is 10.7. The average molecular weight is 277 g/mol. The van der Waals surface area contributed by atoms with Gasteiger partial charge in [-0.15, -0.1) is 0 Å². The lowest BCUT2D eigenvalue weighted by Gasteiger charge is -2.11. The SMILES string of the molecule is COc1cc(C=O)ccc1COc1ccccc1Cl. The van der Waals surface area contributed by atoms with Crippen molar-refractivity contribution in [2.24, 2.45) is 0 Å². The molecule has 0 spiro atoms. The summed E-state index contributed by atoms with van der Waals surface area (Å²) in [5.74, 6) is 1.24. The second-order valence-electron chi connectivity index (χ2n) is 3.91. The molecular formula is C15H13ClO3. The number of hydrogen-bond donors (Lipinski definition) is 0. The molecule has 0 N–H and O–H groups in total. The zero-order valence-corrected chi connectivity index (χ0v) is 11.2. The van der Waals surface area contributed by atoms with Crippen LogP contribution >= 0.6 is 11.6 Å². The molecule has 0 saturated carbocycles. The molecule has 0 amide bonds. The number of aldehydes is 1. The first-order chi connectivity index (χ1) is 9.24. The lowest BCUT2D eigenvalue weighted by molar-refractivity contribution is 0.112. The van der Waals surface area contributed by atoms with Crippen LogP contribution in [-0.2, 0) is 6.61 Å². The summed E-state index contributed by atoms with van der Waals surface area (Å²) in [5, 5.41) is 0.561. The van der Waals surface area contributed by atoms with Gasteiger partial charge >= 0.3 is 0 Å². The number of para-hydroxylation sites is 1. The van der Waals surface area contributed by atoms with E-state index in [0.717, 1.165) is 11.8 Å². The summed E-state index contributed by atoms with van der Waals surface area (Å²) in [6, 6.07) is 12.5. The number of rotatable bonds is 5. The van der Waals surface area contributed by atoms with Crippen molar-refractivity contribution >= 4 is 17.9 Å². The highest BCUT2D eigenvalue weighted by atomic mass is 35.5. The number of ether oxygens (including phenoxy) is 2.